The van der Waals surface area contributed by atoms with E-state index in [9.17, 15) is 13.2 Å². The Bertz CT molecular complexity index is 1120. The molecular formula is C25H38N4O6S. The number of carbonyl (C=O) groups excluding carboxylic acids is 1. The van der Waals surface area contributed by atoms with E-state index in [1.54, 1.807) is 0 Å². The fourth-order valence-corrected chi connectivity index (χ4v) is 4.15. The van der Waals surface area contributed by atoms with Gasteiger partial charge in [-0.05, 0) is 43.5 Å². The highest BCUT2D eigenvalue weighted by Crippen LogP contribution is 2.26. The summed E-state index contributed by atoms with van der Waals surface area (Å²) in [5, 5.41) is 3.50. The van der Waals surface area contributed by atoms with E-state index < -0.39 is 10.1 Å². The quantitative estimate of drug-likeness (QED) is 0.202. The van der Waals surface area contributed by atoms with Crippen LogP contribution in [0.25, 0.3) is 0 Å². The molecule has 2 rings (SSSR count). The van der Waals surface area contributed by atoms with Crippen LogP contribution in [0.4, 0.5) is 11.8 Å². The highest BCUT2D eigenvalue weighted by molar-refractivity contribution is 7.85. The summed E-state index contributed by atoms with van der Waals surface area (Å²) < 4.78 is 37.6. The molecule has 0 spiro atoms. The van der Waals surface area contributed by atoms with Crippen LogP contribution in [0.5, 0.6) is 5.75 Å². The van der Waals surface area contributed by atoms with Crippen LogP contribution in [0.2, 0.25) is 0 Å². The molecule has 200 valence electrons. The summed E-state index contributed by atoms with van der Waals surface area (Å²) in [5.41, 5.74) is 9.85. The molecule has 0 bridgehead atoms. The molecule has 0 amide bonds. The van der Waals surface area contributed by atoms with Crippen LogP contribution in [-0.4, -0.2) is 56.5 Å². The lowest BCUT2D eigenvalue weighted by atomic mass is 9.99. The van der Waals surface area contributed by atoms with E-state index in [0.717, 1.165) is 41.5 Å². The number of benzene rings is 1. The molecule has 0 aliphatic carbocycles. The molecule has 0 aliphatic heterocycles. The number of anilines is 2. The minimum atomic E-state index is -3.44. The van der Waals surface area contributed by atoms with Gasteiger partial charge in [-0.2, -0.15) is 13.4 Å². The first kappa shape index (κ1) is 29.3. The van der Waals surface area contributed by atoms with Crippen molar-refractivity contribution in [1.29, 1.82) is 0 Å². The first-order valence-electron chi connectivity index (χ1n) is 12.1. The molecule has 0 fully saturated rings. The predicted molar refractivity (Wildman–Crippen MR) is 140 cm³/mol. The zero-order chi connectivity index (χ0) is 26.7. The van der Waals surface area contributed by atoms with Crippen LogP contribution in [0.1, 0.15) is 61.9 Å². The lowest BCUT2D eigenvalue weighted by Gasteiger charge is -2.22. The van der Waals surface area contributed by atoms with E-state index in [-0.39, 0.29) is 24.6 Å². The van der Waals surface area contributed by atoms with Crippen molar-refractivity contribution in [3.05, 3.63) is 40.6 Å². The number of nitrogens with zero attached hydrogens (tertiary/aromatic N) is 2. The molecule has 0 saturated carbocycles. The predicted octanol–water partition coefficient (Wildman–Crippen LogP) is 3.55. The van der Waals surface area contributed by atoms with Crippen molar-refractivity contribution in [2.75, 3.05) is 37.1 Å². The van der Waals surface area contributed by atoms with E-state index in [0.29, 0.717) is 44.0 Å². The lowest BCUT2D eigenvalue weighted by molar-refractivity contribution is -0.141. The zero-order valence-corrected chi connectivity index (χ0v) is 22.6. The number of esters is 1. The second kappa shape index (κ2) is 14.0. The molecule has 0 aliphatic rings. The van der Waals surface area contributed by atoms with Gasteiger partial charge in [-0.25, -0.2) is 4.98 Å². The van der Waals surface area contributed by atoms with Gasteiger partial charge in [0.25, 0.3) is 10.1 Å². The summed E-state index contributed by atoms with van der Waals surface area (Å²) >= 11 is 0. The normalized spacial score (nSPS) is 12.2. The van der Waals surface area contributed by atoms with Gasteiger partial charge >= 0.3 is 5.97 Å². The summed E-state index contributed by atoms with van der Waals surface area (Å²) in [6.45, 7) is 8.20. The van der Waals surface area contributed by atoms with Gasteiger partial charge in [-0.3, -0.25) is 8.98 Å². The maximum atomic E-state index is 11.2. The van der Waals surface area contributed by atoms with Gasteiger partial charge in [0.15, 0.2) is 0 Å². The zero-order valence-electron chi connectivity index (χ0n) is 21.8. The van der Waals surface area contributed by atoms with Crippen LogP contribution < -0.4 is 15.8 Å². The van der Waals surface area contributed by atoms with Gasteiger partial charge in [0, 0.05) is 43.5 Å². The van der Waals surface area contributed by atoms with E-state index in [2.05, 4.69) is 22.2 Å². The van der Waals surface area contributed by atoms with Crippen molar-refractivity contribution < 1.29 is 26.9 Å². The van der Waals surface area contributed by atoms with Gasteiger partial charge in [-0.15, -0.1) is 0 Å². The first-order valence-corrected chi connectivity index (χ1v) is 13.9. The maximum absolute atomic E-state index is 11.2. The molecule has 1 aromatic carbocycles. The second-order valence-corrected chi connectivity index (χ2v) is 10.4. The Kier molecular flexibility index (Phi) is 11.4. The third-order valence-electron chi connectivity index (χ3n) is 5.52. The molecule has 0 radical (unpaired) electrons. The van der Waals surface area contributed by atoms with Crippen molar-refractivity contribution >= 4 is 27.9 Å². The highest BCUT2D eigenvalue weighted by Gasteiger charge is 2.17. The number of nitrogen functional groups attached to an aromatic ring is 1. The summed E-state index contributed by atoms with van der Waals surface area (Å²) in [6, 6.07) is 5.91. The molecule has 1 aromatic heterocycles. The molecule has 2 aromatic rings. The number of carbonyl (C=O) groups is 1. The highest BCUT2D eigenvalue weighted by atomic mass is 32.2. The molecule has 1 heterocycles. The van der Waals surface area contributed by atoms with E-state index in [1.165, 1.54) is 6.92 Å². The smallest absolute Gasteiger partial charge is 0.302 e. The summed E-state index contributed by atoms with van der Waals surface area (Å²) in [7, 11) is -3.44. The van der Waals surface area contributed by atoms with E-state index in [4.69, 9.17) is 19.4 Å². The van der Waals surface area contributed by atoms with Gasteiger partial charge in [0.1, 0.15) is 11.6 Å². The summed E-state index contributed by atoms with van der Waals surface area (Å²) in [6.07, 6.45) is 4.61. The Hall–Kier alpha value is -2.92. The van der Waals surface area contributed by atoms with Crippen LogP contribution in [-0.2, 0) is 30.3 Å². The molecule has 1 atom stereocenters. The SMILES string of the molecule is CCC[C@@H](CCOC(C)=O)Nc1nc(N)nc(C)c1Cc1ccc(OCCCOS(C)(=O)=O)cc1C. The van der Waals surface area contributed by atoms with Gasteiger partial charge < -0.3 is 20.5 Å². The van der Waals surface area contributed by atoms with E-state index >= 15 is 0 Å². The number of aromatic nitrogens is 2. The van der Waals surface area contributed by atoms with Crippen molar-refractivity contribution in [2.24, 2.45) is 0 Å². The number of rotatable bonds is 15. The number of ether oxygens (including phenoxy) is 2. The Morgan fingerprint density at radius 3 is 2.53 bits per heavy atom. The Balaban J connectivity index is 2.11. The Morgan fingerprint density at radius 1 is 1.14 bits per heavy atom. The lowest BCUT2D eigenvalue weighted by Crippen LogP contribution is -2.24. The van der Waals surface area contributed by atoms with Gasteiger partial charge in [0.2, 0.25) is 5.95 Å². The van der Waals surface area contributed by atoms with Crippen molar-refractivity contribution in [2.45, 2.75) is 65.8 Å². The van der Waals surface area contributed by atoms with Crippen LogP contribution >= 0.6 is 0 Å². The summed E-state index contributed by atoms with van der Waals surface area (Å²) in [4.78, 5) is 20.0. The standard InChI is InChI=1S/C25H38N4O6S/c1-6-8-21(11-14-33-19(4)30)28-24-23(18(3)27-25(26)29-24)16-20-9-10-22(15-17(20)2)34-12-7-13-35-36(5,31)32/h9-10,15,21H,6-8,11-14,16H2,1-5H3,(H3,26,27,28,29)/t21-/m0/s1. The molecule has 10 nitrogen and oxygen atoms in total. The maximum Gasteiger partial charge on any atom is 0.302 e. The average molecular weight is 523 g/mol. The van der Waals surface area contributed by atoms with Crippen molar-refractivity contribution in [3.8, 4) is 5.75 Å². The fourth-order valence-electron chi connectivity index (χ4n) is 3.73. The van der Waals surface area contributed by atoms with Crippen LogP contribution in [0, 0.1) is 13.8 Å². The topological polar surface area (TPSA) is 143 Å². The number of nitrogens with one attached hydrogen (secondary N) is 1. The van der Waals surface area contributed by atoms with Gasteiger partial charge in [-0.1, -0.05) is 19.4 Å². The fraction of sp³-hybridized carbons (Fsp3) is 0.560. The minimum Gasteiger partial charge on any atom is -0.493 e. The molecule has 11 heteroatoms. The molecule has 0 unspecified atom stereocenters. The Labute approximate surface area is 214 Å². The van der Waals surface area contributed by atoms with Crippen LogP contribution in [0.3, 0.4) is 0 Å². The number of aryl methyl sites for hydroxylation is 2. The molecule has 36 heavy (non-hydrogen) atoms. The van der Waals surface area contributed by atoms with Gasteiger partial charge in [0.05, 0.1) is 26.1 Å². The van der Waals surface area contributed by atoms with Crippen LogP contribution in [0.15, 0.2) is 18.2 Å². The summed E-state index contributed by atoms with van der Waals surface area (Å²) in [5.74, 6) is 1.30. The molecular weight excluding hydrogens is 484 g/mol. The second-order valence-electron chi connectivity index (χ2n) is 8.75. The number of hydrogen-bond acceptors (Lipinski definition) is 10. The number of nitrogens with two attached hydrogens (primary N) is 1. The van der Waals surface area contributed by atoms with Crippen molar-refractivity contribution in [1.82, 2.24) is 9.97 Å². The monoisotopic (exact) mass is 522 g/mol. The van der Waals surface area contributed by atoms with Crippen molar-refractivity contribution in [3.63, 3.8) is 0 Å². The van der Waals surface area contributed by atoms with E-state index in [1.807, 2.05) is 32.0 Å². The first-order chi connectivity index (χ1) is 17.0. The Morgan fingerprint density at radius 2 is 1.89 bits per heavy atom. The average Bonchev–Trinajstić information content (AvgIpc) is 2.76. The molecule has 0 saturated heterocycles. The minimum absolute atomic E-state index is 0.0744. The third-order valence-corrected chi connectivity index (χ3v) is 6.11. The largest absolute Gasteiger partial charge is 0.493 e. The number of hydrogen-bond donors (Lipinski definition) is 2. The third kappa shape index (κ3) is 10.4. The molecule has 3 N–H and O–H groups in total.